The molecule has 1 rings (SSSR count). The number of carbonyl (C=O) groups is 2. The molecule has 0 saturated carbocycles. The molecule has 1 saturated heterocycles. The smallest absolute Gasteiger partial charge is 0.317 e. The molecule has 1 atom stereocenters. The van der Waals surface area contributed by atoms with Crippen molar-refractivity contribution in [2.45, 2.75) is 46.1 Å². The fourth-order valence-electron chi connectivity index (χ4n) is 2.16. The summed E-state index contributed by atoms with van der Waals surface area (Å²) >= 11 is 0. The van der Waals surface area contributed by atoms with E-state index in [1.165, 1.54) is 0 Å². The van der Waals surface area contributed by atoms with Gasteiger partial charge in [-0.05, 0) is 40.0 Å². The summed E-state index contributed by atoms with van der Waals surface area (Å²) in [5.41, 5.74) is -0.803. The molecule has 0 radical (unpaired) electrons. The highest BCUT2D eigenvalue weighted by Gasteiger charge is 2.42. The average Bonchev–Trinajstić information content (AvgIpc) is 2.77. The molecule has 116 valence electrons. The van der Waals surface area contributed by atoms with Crippen LogP contribution in [0.5, 0.6) is 0 Å². The van der Waals surface area contributed by atoms with Crippen molar-refractivity contribution in [1.29, 1.82) is 0 Å². The van der Waals surface area contributed by atoms with Gasteiger partial charge in [-0.1, -0.05) is 0 Å². The zero-order chi connectivity index (χ0) is 15.2. The number of likely N-dealkylation sites (tertiary alicyclic amines) is 1. The number of nitrogens with one attached hydrogen (secondary N) is 1. The van der Waals surface area contributed by atoms with E-state index in [9.17, 15) is 9.59 Å². The minimum Gasteiger partial charge on any atom is -0.481 e. The summed E-state index contributed by atoms with van der Waals surface area (Å²) < 4.78 is 5.41. The third kappa shape index (κ3) is 5.00. The van der Waals surface area contributed by atoms with Crippen LogP contribution in [0.25, 0.3) is 0 Å². The molecule has 20 heavy (non-hydrogen) atoms. The second-order valence-corrected chi connectivity index (χ2v) is 5.90. The van der Waals surface area contributed by atoms with Gasteiger partial charge in [0.25, 0.3) is 0 Å². The van der Waals surface area contributed by atoms with Gasteiger partial charge < -0.3 is 20.1 Å². The molecule has 1 aliphatic rings. The largest absolute Gasteiger partial charge is 0.481 e. The van der Waals surface area contributed by atoms with Crippen LogP contribution in [0.1, 0.15) is 40.0 Å². The van der Waals surface area contributed by atoms with Crippen LogP contribution in [-0.4, -0.2) is 54.4 Å². The molecular formula is C14H26N2O4. The number of aliphatic carboxylic acids is 1. The number of carboxylic acid groups (broad SMARTS) is 1. The van der Waals surface area contributed by atoms with Gasteiger partial charge in [-0.2, -0.15) is 0 Å². The Morgan fingerprint density at radius 2 is 2.10 bits per heavy atom. The molecule has 0 aromatic heterocycles. The molecule has 6 heteroatoms. The van der Waals surface area contributed by atoms with Crippen LogP contribution in [0.15, 0.2) is 0 Å². The monoisotopic (exact) mass is 286 g/mol. The van der Waals surface area contributed by atoms with Crippen LogP contribution < -0.4 is 5.32 Å². The van der Waals surface area contributed by atoms with Gasteiger partial charge >= 0.3 is 12.0 Å². The summed E-state index contributed by atoms with van der Waals surface area (Å²) in [7, 11) is 0. The lowest BCUT2D eigenvalue weighted by Gasteiger charge is -2.20. The Morgan fingerprint density at radius 1 is 1.40 bits per heavy atom. The number of carbonyl (C=O) groups excluding carboxylic acids is 1. The number of hydrogen-bond acceptors (Lipinski definition) is 3. The molecule has 0 aromatic carbocycles. The standard InChI is InChI=1S/C14H26N2O4/c1-11(2)20-9-5-4-7-15-13(19)16-8-6-14(3,10-16)12(17)18/h11H,4-10H2,1-3H3,(H,15,19)(H,17,18). The summed E-state index contributed by atoms with van der Waals surface area (Å²) in [6.45, 7) is 7.76. The van der Waals surface area contributed by atoms with Crippen molar-refractivity contribution in [3.05, 3.63) is 0 Å². The first-order valence-electron chi connectivity index (χ1n) is 7.23. The van der Waals surface area contributed by atoms with E-state index in [0.717, 1.165) is 12.8 Å². The lowest BCUT2D eigenvalue weighted by atomic mass is 9.90. The van der Waals surface area contributed by atoms with Crippen molar-refractivity contribution < 1.29 is 19.4 Å². The summed E-state index contributed by atoms with van der Waals surface area (Å²) in [4.78, 5) is 24.6. The lowest BCUT2D eigenvalue weighted by Crippen LogP contribution is -2.41. The predicted molar refractivity (Wildman–Crippen MR) is 75.7 cm³/mol. The fourth-order valence-corrected chi connectivity index (χ4v) is 2.16. The van der Waals surface area contributed by atoms with Gasteiger partial charge in [-0.25, -0.2) is 4.79 Å². The first-order chi connectivity index (χ1) is 9.35. The number of unbranched alkanes of at least 4 members (excludes halogenated alkanes) is 1. The number of carboxylic acids is 1. The van der Waals surface area contributed by atoms with E-state index in [2.05, 4.69) is 5.32 Å². The first-order valence-corrected chi connectivity index (χ1v) is 7.23. The van der Waals surface area contributed by atoms with Gasteiger partial charge in [0.1, 0.15) is 0 Å². The topological polar surface area (TPSA) is 78.9 Å². The van der Waals surface area contributed by atoms with Gasteiger partial charge in [0.2, 0.25) is 0 Å². The highest BCUT2D eigenvalue weighted by Crippen LogP contribution is 2.29. The van der Waals surface area contributed by atoms with Crippen molar-refractivity contribution in [3.8, 4) is 0 Å². The van der Waals surface area contributed by atoms with Crippen molar-refractivity contribution in [2.24, 2.45) is 5.41 Å². The third-order valence-corrected chi connectivity index (χ3v) is 3.58. The molecule has 1 heterocycles. The minimum atomic E-state index is -0.835. The Kier molecular flexibility index (Phi) is 6.26. The Morgan fingerprint density at radius 3 is 2.65 bits per heavy atom. The van der Waals surface area contributed by atoms with Crippen LogP contribution in [0, 0.1) is 5.41 Å². The Labute approximate surface area is 120 Å². The van der Waals surface area contributed by atoms with Crippen molar-refractivity contribution >= 4 is 12.0 Å². The Balaban J connectivity index is 2.17. The van der Waals surface area contributed by atoms with Crippen LogP contribution in [0.4, 0.5) is 4.79 Å². The maximum atomic E-state index is 11.9. The van der Waals surface area contributed by atoms with Gasteiger partial charge in [0.05, 0.1) is 11.5 Å². The molecule has 1 aliphatic heterocycles. The molecular weight excluding hydrogens is 260 g/mol. The van der Waals surface area contributed by atoms with Gasteiger partial charge in [-0.15, -0.1) is 0 Å². The quantitative estimate of drug-likeness (QED) is 0.698. The first kappa shape index (κ1) is 16.8. The van der Waals surface area contributed by atoms with Crippen molar-refractivity contribution in [2.75, 3.05) is 26.2 Å². The summed E-state index contributed by atoms with van der Waals surface area (Å²) in [5.74, 6) is -0.835. The molecule has 0 spiro atoms. The van der Waals surface area contributed by atoms with E-state index in [1.807, 2.05) is 13.8 Å². The van der Waals surface area contributed by atoms with E-state index in [4.69, 9.17) is 9.84 Å². The van der Waals surface area contributed by atoms with Crippen LogP contribution >= 0.6 is 0 Å². The highest BCUT2D eigenvalue weighted by molar-refractivity contribution is 5.79. The van der Waals surface area contributed by atoms with Gasteiger partial charge in [0.15, 0.2) is 0 Å². The summed E-state index contributed by atoms with van der Waals surface area (Å²) in [5, 5.41) is 11.9. The number of hydrogen-bond donors (Lipinski definition) is 2. The van der Waals surface area contributed by atoms with E-state index in [0.29, 0.717) is 26.1 Å². The van der Waals surface area contributed by atoms with Crippen LogP contribution in [-0.2, 0) is 9.53 Å². The second-order valence-electron chi connectivity index (χ2n) is 5.90. The minimum absolute atomic E-state index is 0.167. The number of rotatable bonds is 7. The SMILES string of the molecule is CC(C)OCCCCNC(=O)N1CCC(C)(C(=O)O)C1. The molecule has 6 nitrogen and oxygen atoms in total. The predicted octanol–water partition coefficient (Wildman–Crippen LogP) is 1.70. The zero-order valence-electron chi connectivity index (χ0n) is 12.6. The molecule has 1 unspecified atom stereocenters. The lowest BCUT2D eigenvalue weighted by molar-refractivity contribution is -0.147. The Hall–Kier alpha value is -1.30. The molecule has 0 aliphatic carbocycles. The average molecular weight is 286 g/mol. The molecule has 2 amide bonds. The molecule has 0 aromatic rings. The van der Waals surface area contributed by atoms with E-state index < -0.39 is 11.4 Å². The maximum absolute atomic E-state index is 11.9. The van der Waals surface area contributed by atoms with Crippen molar-refractivity contribution in [3.63, 3.8) is 0 Å². The normalized spacial score (nSPS) is 22.3. The molecule has 1 fully saturated rings. The number of urea groups is 1. The highest BCUT2D eigenvalue weighted by atomic mass is 16.5. The van der Waals surface area contributed by atoms with Crippen molar-refractivity contribution in [1.82, 2.24) is 10.2 Å². The van der Waals surface area contributed by atoms with Gasteiger partial charge in [-0.3, -0.25) is 4.79 Å². The summed E-state index contributed by atoms with van der Waals surface area (Å²) in [6, 6.07) is -0.167. The number of nitrogens with zero attached hydrogens (tertiary/aromatic N) is 1. The maximum Gasteiger partial charge on any atom is 0.317 e. The van der Waals surface area contributed by atoms with Gasteiger partial charge in [0, 0.05) is 26.2 Å². The number of ether oxygens (including phenoxy) is 1. The van der Waals surface area contributed by atoms with Crippen LogP contribution in [0.3, 0.4) is 0 Å². The van der Waals surface area contributed by atoms with E-state index in [-0.39, 0.29) is 18.7 Å². The van der Waals surface area contributed by atoms with E-state index in [1.54, 1.807) is 11.8 Å². The molecule has 2 N–H and O–H groups in total. The number of amides is 2. The fraction of sp³-hybridized carbons (Fsp3) is 0.857. The molecule has 0 bridgehead atoms. The third-order valence-electron chi connectivity index (χ3n) is 3.58. The van der Waals surface area contributed by atoms with E-state index >= 15 is 0 Å². The Bertz CT molecular complexity index is 346. The zero-order valence-corrected chi connectivity index (χ0v) is 12.6. The summed E-state index contributed by atoms with van der Waals surface area (Å²) in [6.07, 6.45) is 2.52. The second kappa shape index (κ2) is 7.47. The van der Waals surface area contributed by atoms with Crippen LogP contribution in [0.2, 0.25) is 0 Å².